The first-order valence-corrected chi connectivity index (χ1v) is 10.9. The number of nitrogens with zero attached hydrogens (tertiary/aromatic N) is 3. The summed E-state index contributed by atoms with van der Waals surface area (Å²) >= 11 is 0. The average Bonchev–Trinajstić information content (AvgIpc) is 2.92. The highest BCUT2D eigenvalue weighted by Gasteiger charge is 2.44. The normalized spacial score (nSPS) is 23.8. The molecule has 10 heteroatoms. The molecule has 0 N–H and O–H groups in total. The van der Waals surface area contributed by atoms with Crippen LogP contribution in [-0.2, 0) is 24.3 Å². The number of hydrogen-bond donors (Lipinski definition) is 0. The molecule has 0 spiro atoms. The molecule has 2 aliphatic heterocycles. The van der Waals surface area contributed by atoms with Gasteiger partial charge in [0, 0.05) is 40.7 Å². The summed E-state index contributed by atoms with van der Waals surface area (Å²) in [5.74, 6) is -0.189. The Labute approximate surface area is 171 Å². The molecule has 2 heterocycles. The van der Waals surface area contributed by atoms with E-state index in [0.29, 0.717) is 25.9 Å². The first-order valence-electron chi connectivity index (χ1n) is 9.50. The predicted molar refractivity (Wildman–Crippen MR) is 105 cm³/mol. The highest BCUT2D eigenvalue weighted by atomic mass is 32.2. The first kappa shape index (κ1) is 21.5. The molecule has 1 fully saturated rings. The fourth-order valence-corrected chi connectivity index (χ4v) is 5.45. The maximum atomic E-state index is 13.4. The SMILES string of the molecule is COCC(=O)N1CC[C@@H]2Oc3ccccc3S(=O)(=O)N(CC(=O)N(C)C)[C@H]2CC1. The minimum atomic E-state index is -3.95. The molecular formula is C19H27N3O6S. The summed E-state index contributed by atoms with van der Waals surface area (Å²) < 4.78 is 39.2. The lowest BCUT2D eigenvalue weighted by Crippen LogP contribution is -2.50. The lowest BCUT2D eigenvalue weighted by Gasteiger charge is -2.31. The number of para-hydroxylation sites is 1. The number of benzene rings is 1. The minimum absolute atomic E-state index is 0.0276. The van der Waals surface area contributed by atoms with Crippen LogP contribution in [0.25, 0.3) is 0 Å². The number of rotatable bonds is 4. The number of amides is 2. The van der Waals surface area contributed by atoms with Crippen LogP contribution in [0.3, 0.4) is 0 Å². The van der Waals surface area contributed by atoms with Crippen molar-refractivity contribution < 1.29 is 27.5 Å². The van der Waals surface area contributed by atoms with E-state index in [0.717, 1.165) is 0 Å². The number of methoxy groups -OCH3 is 1. The van der Waals surface area contributed by atoms with Crippen LogP contribution in [0, 0.1) is 0 Å². The average molecular weight is 426 g/mol. The molecule has 0 bridgehead atoms. The van der Waals surface area contributed by atoms with Crippen molar-refractivity contribution >= 4 is 21.8 Å². The second-order valence-electron chi connectivity index (χ2n) is 7.40. The molecule has 29 heavy (non-hydrogen) atoms. The molecule has 0 unspecified atom stereocenters. The second kappa shape index (κ2) is 8.68. The van der Waals surface area contributed by atoms with Crippen LogP contribution in [0.4, 0.5) is 0 Å². The van der Waals surface area contributed by atoms with Gasteiger partial charge in [-0.25, -0.2) is 8.42 Å². The molecule has 2 atom stereocenters. The molecule has 9 nitrogen and oxygen atoms in total. The summed E-state index contributed by atoms with van der Waals surface area (Å²) in [5, 5.41) is 0. The zero-order valence-corrected chi connectivity index (χ0v) is 17.7. The molecule has 3 rings (SSSR count). The van der Waals surface area contributed by atoms with Crippen molar-refractivity contribution in [1.82, 2.24) is 14.1 Å². The molecule has 2 amide bonds. The number of carbonyl (C=O) groups excluding carboxylic acids is 2. The van der Waals surface area contributed by atoms with Crippen LogP contribution in [0.1, 0.15) is 12.8 Å². The van der Waals surface area contributed by atoms with Gasteiger partial charge in [0.25, 0.3) is 0 Å². The van der Waals surface area contributed by atoms with Gasteiger partial charge >= 0.3 is 0 Å². The lowest BCUT2D eigenvalue weighted by atomic mass is 10.1. The molecular weight excluding hydrogens is 398 g/mol. The quantitative estimate of drug-likeness (QED) is 0.682. The van der Waals surface area contributed by atoms with Gasteiger partial charge in [0.1, 0.15) is 23.4 Å². The van der Waals surface area contributed by atoms with Crippen LogP contribution >= 0.6 is 0 Å². The number of carbonyl (C=O) groups is 2. The van der Waals surface area contributed by atoms with Crippen LogP contribution in [-0.4, -0.2) is 93.9 Å². The van der Waals surface area contributed by atoms with Crippen LogP contribution in [0.15, 0.2) is 29.2 Å². The van der Waals surface area contributed by atoms with Gasteiger partial charge in [-0.2, -0.15) is 4.31 Å². The van der Waals surface area contributed by atoms with E-state index in [1.54, 1.807) is 37.2 Å². The number of likely N-dealkylation sites (N-methyl/N-ethyl adjacent to an activating group) is 1. The Balaban J connectivity index is 1.99. The lowest BCUT2D eigenvalue weighted by molar-refractivity contribution is -0.135. The van der Waals surface area contributed by atoms with E-state index in [2.05, 4.69) is 0 Å². The van der Waals surface area contributed by atoms with E-state index in [4.69, 9.17) is 9.47 Å². The van der Waals surface area contributed by atoms with Gasteiger partial charge < -0.3 is 19.3 Å². The molecule has 1 saturated heterocycles. The number of likely N-dealkylation sites (tertiary alicyclic amines) is 1. The zero-order valence-electron chi connectivity index (χ0n) is 16.9. The van der Waals surface area contributed by atoms with Gasteiger partial charge in [-0.1, -0.05) is 12.1 Å². The van der Waals surface area contributed by atoms with Crippen molar-refractivity contribution in [2.75, 3.05) is 47.4 Å². The summed E-state index contributed by atoms with van der Waals surface area (Å²) in [6.45, 7) is 0.493. The second-order valence-corrected chi connectivity index (χ2v) is 9.26. The van der Waals surface area contributed by atoms with Gasteiger partial charge in [0.05, 0.1) is 12.6 Å². The minimum Gasteiger partial charge on any atom is -0.487 e. The Hall–Kier alpha value is -2.17. The largest absolute Gasteiger partial charge is 0.487 e. The van der Waals surface area contributed by atoms with Gasteiger partial charge in [-0.05, 0) is 18.6 Å². The third-order valence-electron chi connectivity index (χ3n) is 5.30. The van der Waals surface area contributed by atoms with E-state index in [-0.39, 0.29) is 35.6 Å². The fraction of sp³-hybridized carbons (Fsp3) is 0.579. The zero-order chi connectivity index (χ0) is 21.2. The Kier molecular flexibility index (Phi) is 6.45. The van der Waals surface area contributed by atoms with Crippen LogP contribution in [0.5, 0.6) is 5.75 Å². The van der Waals surface area contributed by atoms with Crippen molar-refractivity contribution in [1.29, 1.82) is 0 Å². The monoisotopic (exact) mass is 425 g/mol. The van der Waals surface area contributed by atoms with Crippen molar-refractivity contribution in [2.24, 2.45) is 0 Å². The van der Waals surface area contributed by atoms with Crippen molar-refractivity contribution in [2.45, 2.75) is 29.9 Å². The Morgan fingerprint density at radius 3 is 2.59 bits per heavy atom. The molecule has 0 saturated carbocycles. The Bertz CT molecular complexity index is 872. The van der Waals surface area contributed by atoms with Crippen molar-refractivity contribution in [3.05, 3.63) is 24.3 Å². The van der Waals surface area contributed by atoms with Gasteiger partial charge in [0.15, 0.2) is 0 Å². The van der Waals surface area contributed by atoms with Crippen molar-refractivity contribution in [3.63, 3.8) is 0 Å². The highest BCUT2D eigenvalue weighted by Crippen LogP contribution is 2.36. The van der Waals surface area contributed by atoms with Gasteiger partial charge in [-0.15, -0.1) is 0 Å². The highest BCUT2D eigenvalue weighted by molar-refractivity contribution is 7.89. The third-order valence-corrected chi connectivity index (χ3v) is 7.21. The van der Waals surface area contributed by atoms with E-state index < -0.39 is 22.2 Å². The van der Waals surface area contributed by atoms with Gasteiger partial charge in [0.2, 0.25) is 21.8 Å². The first-order chi connectivity index (χ1) is 13.8. The summed E-state index contributed by atoms with van der Waals surface area (Å²) in [6, 6.07) is 5.92. The molecule has 1 aromatic carbocycles. The molecule has 0 radical (unpaired) electrons. The molecule has 1 aromatic rings. The number of hydrogen-bond acceptors (Lipinski definition) is 6. The van der Waals surface area contributed by atoms with Crippen LogP contribution < -0.4 is 4.74 Å². The molecule has 160 valence electrons. The van der Waals surface area contributed by atoms with E-state index in [9.17, 15) is 18.0 Å². The number of fused-ring (bicyclic) bond motifs is 2. The van der Waals surface area contributed by atoms with Crippen LogP contribution in [0.2, 0.25) is 0 Å². The smallest absolute Gasteiger partial charge is 0.248 e. The van der Waals surface area contributed by atoms with E-state index in [1.807, 2.05) is 0 Å². The summed E-state index contributed by atoms with van der Waals surface area (Å²) in [7, 11) is 0.690. The third kappa shape index (κ3) is 4.39. The summed E-state index contributed by atoms with van der Waals surface area (Å²) in [6.07, 6.45) is 0.355. The fourth-order valence-electron chi connectivity index (χ4n) is 3.70. The Morgan fingerprint density at radius 1 is 1.21 bits per heavy atom. The maximum Gasteiger partial charge on any atom is 0.248 e. The summed E-state index contributed by atoms with van der Waals surface area (Å²) in [4.78, 5) is 27.8. The Morgan fingerprint density at radius 2 is 1.90 bits per heavy atom. The maximum absolute atomic E-state index is 13.4. The number of ether oxygens (including phenoxy) is 2. The molecule has 0 aromatic heterocycles. The summed E-state index contributed by atoms with van der Waals surface area (Å²) in [5.41, 5.74) is 0. The topological polar surface area (TPSA) is 96.5 Å². The van der Waals surface area contributed by atoms with E-state index in [1.165, 1.54) is 22.4 Å². The number of sulfonamides is 1. The predicted octanol–water partition coefficient (Wildman–Crippen LogP) is 0.164. The standard InChI is InChI=1S/C19H27N3O6S/c1-20(2)18(23)12-22-14-8-10-21(19(24)13-27-3)11-9-15(14)28-16-6-4-5-7-17(16)29(22,25)26/h4-7,14-15H,8-13H2,1-3H3/t14-,15-/m0/s1. The van der Waals surface area contributed by atoms with E-state index >= 15 is 0 Å². The molecule has 2 aliphatic rings. The molecule has 0 aliphatic carbocycles. The van der Waals surface area contributed by atoms with Crippen molar-refractivity contribution in [3.8, 4) is 5.75 Å². The van der Waals surface area contributed by atoms with Gasteiger partial charge in [-0.3, -0.25) is 9.59 Å².